The van der Waals surface area contributed by atoms with Crippen LogP contribution in [0.5, 0.6) is 5.75 Å². The van der Waals surface area contributed by atoms with Crippen LogP contribution < -0.4 is 15.4 Å². The quantitative estimate of drug-likeness (QED) is 0.693. The van der Waals surface area contributed by atoms with Crippen LogP contribution in [-0.4, -0.2) is 50.3 Å². The summed E-state index contributed by atoms with van der Waals surface area (Å²) in [6.07, 6.45) is 0.616. The minimum atomic E-state index is -0.392. The molecule has 1 aliphatic heterocycles. The van der Waals surface area contributed by atoms with Crippen molar-refractivity contribution in [3.63, 3.8) is 0 Å². The minimum absolute atomic E-state index is 0.291. The third kappa shape index (κ3) is 4.98. The second-order valence-electron chi connectivity index (χ2n) is 6.20. The van der Waals surface area contributed by atoms with Crippen molar-refractivity contribution in [2.45, 2.75) is 32.9 Å². The Morgan fingerprint density at radius 1 is 1.27 bits per heavy atom. The van der Waals surface area contributed by atoms with Crippen LogP contribution in [0.2, 0.25) is 0 Å². The fourth-order valence-electron chi connectivity index (χ4n) is 2.99. The summed E-state index contributed by atoms with van der Waals surface area (Å²) in [5.41, 5.74) is 2.16. The molecule has 0 saturated heterocycles. The lowest BCUT2D eigenvalue weighted by atomic mass is 10.00. The average Bonchev–Trinajstić information content (AvgIpc) is 2.61. The van der Waals surface area contributed by atoms with E-state index in [0.29, 0.717) is 37.4 Å². The van der Waals surface area contributed by atoms with Crippen molar-refractivity contribution in [2.75, 3.05) is 27.3 Å². The van der Waals surface area contributed by atoms with Crippen LogP contribution in [0, 0.1) is 0 Å². The van der Waals surface area contributed by atoms with Gasteiger partial charge in [0.05, 0.1) is 25.3 Å². The molecule has 7 heteroatoms. The van der Waals surface area contributed by atoms with Crippen LogP contribution in [0.4, 0.5) is 4.79 Å². The van der Waals surface area contributed by atoms with Crippen molar-refractivity contribution in [1.29, 1.82) is 0 Å². The van der Waals surface area contributed by atoms with Gasteiger partial charge in [-0.2, -0.15) is 0 Å². The highest BCUT2D eigenvalue weighted by Gasteiger charge is 2.31. The minimum Gasteiger partial charge on any atom is -0.497 e. The molecular weight excluding hydrogens is 334 g/mol. The predicted octanol–water partition coefficient (Wildman–Crippen LogP) is 2.04. The van der Waals surface area contributed by atoms with Gasteiger partial charge < -0.3 is 20.1 Å². The lowest BCUT2D eigenvalue weighted by molar-refractivity contribution is -0.139. The number of urea groups is 1. The molecule has 1 heterocycles. The third-order valence-electron chi connectivity index (χ3n) is 4.16. The summed E-state index contributed by atoms with van der Waals surface area (Å²) in [4.78, 5) is 26.4. The van der Waals surface area contributed by atoms with E-state index in [0.717, 1.165) is 11.3 Å². The Morgan fingerprint density at radius 3 is 2.69 bits per heavy atom. The van der Waals surface area contributed by atoms with Gasteiger partial charge in [-0.05, 0) is 38.1 Å². The number of nitrogens with zero attached hydrogens (tertiary/aromatic N) is 1. The summed E-state index contributed by atoms with van der Waals surface area (Å²) in [6.45, 7) is 5.06. The van der Waals surface area contributed by atoms with Gasteiger partial charge in [-0.3, -0.25) is 4.90 Å². The molecule has 2 amide bonds. The maximum absolute atomic E-state index is 12.4. The lowest BCUT2D eigenvalue weighted by Crippen LogP contribution is -2.51. The molecule has 1 atom stereocenters. The molecule has 26 heavy (non-hydrogen) atoms. The summed E-state index contributed by atoms with van der Waals surface area (Å²) in [6, 6.07) is 7.16. The molecule has 1 aromatic carbocycles. The number of ether oxygens (including phenoxy) is 2. The van der Waals surface area contributed by atoms with Gasteiger partial charge in [0.25, 0.3) is 0 Å². The Labute approximate surface area is 154 Å². The second-order valence-corrected chi connectivity index (χ2v) is 6.20. The van der Waals surface area contributed by atoms with Crippen LogP contribution in [0.1, 0.15) is 25.8 Å². The maximum atomic E-state index is 12.4. The molecule has 0 bridgehead atoms. The number of likely N-dealkylation sites (N-methyl/N-ethyl adjacent to an activating group) is 1. The standard InChI is InChI=1S/C19H27N3O4/c1-5-15-17(18(23)26-6-2)16(21-19(24)20-15)12-22(3)11-13-8-7-9-14(10-13)25-4/h7-10,15H,5-6,11-12H2,1-4H3,(H2,20,21,24). The number of hydrogen-bond donors (Lipinski definition) is 2. The zero-order valence-corrected chi connectivity index (χ0v) is 15.8. The number of amides is 2. The van der Waals surface area contributed by atoms with Gasteiger partial charge in [0.15, 0.2) is 0 Å². The van der Waals surface area contributed by atoms with Gasteiger partial charge in [0.2, 0.25) is 0 Å². The van der Waals surface area contributed by atoms with Crippen LogP contribution in [-0.2, 0) is 16.1 Å². The number of carbonyl (C=O) groups is 2. The van der Waals surface area contributed by atoms with E-state index in [-0.39, 0.29) is 12.1 Å². The summed E-state index contributed by atoms with van der Waals surface area (Å²) in [7, 11) is 3.57. The molecule has 0 spiro atoms. The Balaban J connectivity index is 2.20. The first-order chi connectivity index (χ1) is 12.5. The highest BCUT2D eigenvalue weighted by molar-refractivity contribution is 5.94. The molecule has 0 saturated carbocycles. The summed E-state index contributed by atoms with van der Waals surface area (Å²) in [5.74, 6) is 0.403. The van der Waals surface area contributed by atoms with Crippen molar-refractivity contribution in [1.82, 2.24) is 15.5 Å². The average molecular weight is 361 g/mol. The molecule has 2 N–H and O–H groups in total. The monoisotopic (exact) mass is 361 g/mol. The lowest BCUT2D eigenvalue weighted by Gasteiger charge is -2.30. The van der Waals surface area contributed by atoms with Gasteiger partial charge in [-0.25, -0.2) is 9.59 Å². The van der Waals surface area contributed by atoms with E-state index in [1.54, 1.807) is 14.0 Å². The zero-order valence-electron chi connectivity index (χ0n) is 15.8. The first-order valence-corrected chi connectivity index (χ1v) is 8.77. The fourth-order valence-corrected chi connectivity index (χ4v) is 2.99. The molecule has 0 aliphatic carbocycles. The summed E-state index contributed by atoms with van der Waals surface area (Å²) in [5, 5.41) is 5.55. The number of rotatable bonds is 8. The predicted molar refractivity (Wildman–Crippen MR) is 98.7 cm³/mol. The SMILES string of the molecule is CCOC(=O)C1=C(CN(C)Cc2cccc(OC)c2)NC(=O)NC1CC. The first kappa shape index (κ1) is 19.8. The van der Waals surface area contributed by atoms with Crippen LogP contribution in [0.15, 0.2) is 35.5 Å². The van der Waals surface area contributed by atoms with Crippen LogP contribution in [0.3, 0.4) is 0 Å². The molecule has 1 aromatic rings. The first-order valence-electron chi connectivity index (χ1n) is 8.77. The third-order valence-corrected chi connectivity index (χ3v) is 4.16. The van der Waals surface area contributed by atoms with E-state index in [4.69, 9.17) is 9.47 Å². The zero-order chi connectivity index (χ0) is 19.1. The van der Waals surface area contributed by atoms with E-state index in [1.807, 2.05) is 43.1 Å². The molecular formula is C19H27N3O4. The van der Waals surface area contributed by atoms with E-state index >= 15 is 0 Å². The van der Waals surface area contributed by atoms with Crippen molar-refractivity contribution >= 4 is 12.0 Å². The van der Waals surface area contributed by atoms with E-state index in [2.05, 4.69) is 10.6 Å². The molecule has 0 aromatic heterocycles. The molecule has 142 valence electrons. The second kappa shape index (κ2) is 9.24. The summed E-state index contributed by atoms with van der Waals surface area (Å²) >= 11 is 0. The number of benzene rings is 1. The van der Waals surface area contributed by atoms with Crippen molar-refractivity contribution in [3.05, 3.63) is 41.1 Å². The van der Waals surface area contributed by atoms with Gasteiger partial charge in [0.1, 0.15) is 5.75 Å². The topological polar surface area (TPSA) is 79.9 Å². The molecule has 0 radical (unpaired) electrons. The van der Waals surface area contributed by atoms with Crippen LogP contribution in [0.25, 0.3) is 0 Å². The van der Waals surface area contributed by atoms with Gasteiger partial charge >= 0.3 is 12.0 Å². The highest BCUT2D eigenvalue weighted by Crippen LogP contribution is 2.19. The Bertz CT molecular complexity index is 687. The Hall–Kier alpha value is -2.54. The molecule has 7 nitrogen and oxygen atoms in total. The number of methoxy groups -OCH3 is 1. The number of carbonyl (C=O) groups excluding carboxylic acids is 2. The van der Waals surface area contributed by atoms with Crippen LogP contribution >= 0.6 is 0 Å². The van der Waals surface area contributed by atoms with Crippen molar-refractivity contribution in [2.24, 2.45) is 0 Å². The molecule has 0 fully saturated rings. The highest BCUT2D eigenvalue weighted by atomic mass is 16.5. The smallest absolute Gasteiger partial charge is 0.337 e. The van der Waals surface area contributed by atoms with E-state index < -0.39 is 5.97 Å². The number of esters is 1. The molecule has 2 rings (SSSR count). The Morgan fingerprint density at radius 2 is 2.04 bits per heavy atom. The van der Waals surface area contributed by atoms with Crippen molar-refractivity contribution < 1.29 is 19.1 Å². The molecule has 1 aliphatic rings. The van der Waals surface area contributed by atoms with Gasteiger partial charge in [0, 0.05) is 18.8 Å². The van der Waals surface area contributed by atoms with Gasteiger partial charge in [-0.1, -0.05) is 19.1 Å². The summed E-state index contributed by atoms with van der Waals surface area (Å²) < 4.78 is 10.4. The number of hydrogen-bond acceptors (Lipinski definition) is 5. The van der Waals surface area contributed by atoms with E-state index in [1.165, 1.54) is 0 Å². The largest absolute Gasteiger partial charge is 0.497 e. The number of nitrogens with one attached hydrogen (secondary N) is 2. The fraction of sp³-hybridized carbons (Fsp3) is 0.474. The van der Waals surface area contributed by atoms with E-state index in [9.17, 15) is 9.59 Å². The Kier molecular flexibility index (Phi) is 7.03. The molecule has 1 unspecified atom stereocenters. The normalized spacial score (nSPS) is 17.0. The van der Waals surface area contributed by atoms with Crippen molar-refractivity contribution in [3.8, 4) is 5.75 Å². The van der Waals surface area contributed by atoms with Gasteiger partial charge in [-0.15, -0.1) is 0 Å². The maximum Gasteiger partial charge on any atom is 0.337 e.